The fourth-order valence-electron chi connectivity index (χ4n) is 4.62. The summed E-state index contributed by atoms with van der Waals surface area (Å²) in [5, 5.41) is 10.4. The number of fused-ring (bicyclic) bond motifs is 1. The van der Waals surface area contributed by atoms with E-state index in [4.69, 9.17) is 13.9 Å². The Kier molecular flexibility index (Phi) is 6.49. The molecule has 0 aliphatic carbocycles. The molecule has 2 fully saturated rings. The lowest BCUT2D eigenvalue weighted by molar-refractivity contribution is 0.120. The van der Waals surface area contributed by atoms with Crippen LogP contribution >= 0.6 is 0 Å². The van der Waals surface area contributed by atoms with Crippen LogP contribution in [0.25, 0.3) is 11.0 Å². The molecule has 7 heteroatoms. The smallest absolute Gasteiger partial charge is 0.243 e. The van der Waals surface area contributed by atoms with Crippen molar-refractivity contribution in [2.45, 2.75) is 45.6 Å². The Morgan fingerprint density at radius 1 is 1.20 bits per heavy atom. The van der Waals surface area contributed by atoms with Crippen LogP contribution in [0.2, 0.25) is 0 Å². The van der Waals surface area contributed by atoms with Crippen LogP contribution in [0, 0.1) is 0 Å². The molecule has 3 heterocycles. The van der Waals surface area contributed by atoms with Gasteiger partial charge in [0.25, 0.3) is 0 Å². The van der Waals surface area contributed by atoms with Gasteiger partial charge in [0.15, 0.2) is 0 Å². The molecular formula is C23H32N2O5. The molecule has 2 aromatic rings. The van der Waals surface area contributed by atoms with Crippen LogP contribution in [0.15, 0.2) is 21.3 Å². The lowest BCUT2D eigenvalue weighted by atomic mass is 10.0. The normalized spacial score (nSPS) is 19.6. The van der Waals surface area contributed by atoms with Crippen LogP contribution in [-0.4, -0.2) is 57.2 Å². The average Bonchev–Trinajstić information content (AvgIpc) is 3.25. The number of hydrogen-bond donors (Lipinski definition) is 1. The molecule has 2 aliphatic heterocycles. The fourth-order valence-corrected chi connectivity index (χ4v) is 4.62. The third-order valence-electron chi connectivity index (χ3n) is 6.06. The maximum atomic E-state index is 13.4. The Morgan fingerprint density at radius 2 is 2.00 bits per heavy atom. The summed E-state index contributed by atoms with van der Waals surface area (Å²) in [6.45, 7) is 7.97. The van der Waals surface area contributed by atoms with E-state index in [0.717, 1.165) is 43.5 Å². The lowest BCUT2D eigenvalue weighted by Gasteiger charge is -2.30. The van der Waals surface area contributed by atoms with Gasteiger partial charge in [-0.15, -0.1) is 0 Å². The largest absolute Gasteiger partial charge is 0.485 e. The second kappa shape index (κ2) is 9.27. The highest BCUT2D eigenvalue weighted by Crippen LogP contribution is 2.37. The first-order valence-electron chi connectivity index (χ1n) is 11.1. The molecule has 0 saturated carbocycles. The molecule has 1 unspecified atom stereocenters. The molecule has 0 bridgehead atoms. The summed E-state index contributed by atoms with van der Waals surface area (Å²) in [5.41, 5.74) is 2.64. The third kappa shape index (κ3) is 3.76. The van der Waals surface area contributed by atoms with Gasteiger partial charge in [0, 0.05) is 30.9 Å². The number of aliphatic hydroxyl groups excluding tert-OH is 1. The zero-order chi connectivity index (χ0) is 21.1. The SMILES string of the molecule is CCCc1c(N2CCCC2CO)ccc2c(=O)c(OCC)c(N3CCOCC3)oc12. The van der Waals surface area contributed by atoms with Gasteiger partial charge in [-0.25, -0.2) is 0 Å². The number of aryl methyl sites for hydroxylation is 1. The van der Waals surface area contributed by atoms with Gasteiger partial charge in [0.05, 0.1) is 37.9 Å². The average molecular weight is 417 g/mol. The molecule has 0 radical (unpaired) electrons. The Bertz CT molecular complexity index is 935. The van der Waals surface area contributed by atoms with E-state index >= 15 is 0 Å². The molecule has 1 aromatic carbocycles. The summed E-state index contributed by atoms with van der Waals surface area (Å²) in [5.74, 6) is 0.795. The number of morpholine rings is 1. The Labute approximate surface area is 177 Å². The highest BCUT2D eigenvalue weighted by Gasteiger charge is 2.29. The number of benzene rings is 1. The maximum Gasteiger partial charge on any atom is 0.243 e. The van der Waals surface area contributed by atoms with Crippen LogP contribution in [0.1, 0.15) is 38.7 Å². The monoisotopic (exact) mass is 416 g/mol. The van der Waals surface area contributed by atoms with E-state index in [-0.39, 0.29) is 23.8 Å². The number of hydrogen-bond acceptors (Lipinski definition) is 7. The Morgan fingerprint density at radius 3 is 2.70 bits per heavy atom. The maximum absolute atomic E-state index is 13.4. The van der Waals surface area contributed by atoms with E-state index in [1.165, 1.54) is 0 Å². The molecule has 1 N–H and O–H groups in total. The molecule has 7 nitrogen and oxygen atoms in total. The van der Waals surface area contributed by atoms with Crippen LogP contribution in [-0.2, 0) is 11.2 Å². The second-order valence-electron chi connectivity index (χ2n) is 7.96. The molecule has 0 amide bonds. The zero-order valence-electron chi connectivity index (χ0n) is 18.0. The van der Waals surface area contributed by atoms with E-state index in [2.05, 4.69) is 11.8 Å². The molecule has 0 spiro atoms. The number of ether oxygens (including phenoxy) is 2. The first kappa shape index (κ1) is 21.0. The highest BCUT2D eigenvalue weighted by atomic mass is 16.5. The van der Waals surface area contributed by atoms with Gasteiger partial charge in [0.1, 0.15) is 5.58 Å². The topological polar surface area (TPSA) is 75.4 Å². The van der Waals surface area contributed by atoms with Gasteiger partial charge in [-0.1, -0.05) is 13.3 Å². The van der Waals surface area contributed by atoms with Crippen molar-refractivity contribution in [3.63, 3.8) is 0 Å². The highest BCUT2D eigenvalue weighted by molar-refractivity contribution is 5.88. The minimum Gasteiger partial charge on any atom is -0.485 e. The number of rotatable bonds is 7. The van der Waals surface area contributed by atoms with Gasteiger partial charge in [0.2, 0.25) is 17.1 Å². The van der Waals surface area contributed by atoms with Gasteiger partial charge in [-0.3, -0.25) is 4.79 Å². The summed E-state index contributed by atoms with van der Waals surface area (Å²) in [7, 11) is 0. The molecule has 1 atom stereocenters. The molecule has 1 aromatic heterocycles. The summed E-state index contributed by atoms with van der Waals surface area (Å²) >= 11 is 0. The molecule has 164 valence electrons. The first-order valence-corrected chi connectivity index (χ1v) is 11.1. The zero-order valence-corrected chi connectivity index (χ0v) is 18.0. The van der Waals surface area contributed by atoms with Crippen molar-refractivity contribution in [2.24, 2.45) is 0 Å². The summed E-state index contributed by atoms with van der Waals surface area (Å²) in [4.78, 5) is 17.7. The van der Waals surface area contributed by atoms with E-state index in [9.17, 15) is 9.90 Å². The van der Waals surface area contributed by atoms with E-state index < -0.39 is 0 Å². The number of nitrogens with zero attached hydrogens (tertiary/aromatic N) is 2. The van der Waals surface area contributed by atoms with Gasteiger partial charge in [-0.2, -0.15) is 0 Å². The minimum absolute atomic E-state index is 0.117. The van der Waals surface area contributed by atoms with Crippen molar-refractivity contribution in [3.05, 3.63) is 27.9 Å². The summed E-state index contributed by atoms with van der Waals surface area (Å²) in [6, 6.07) is 3.99. The van der Waals surface area contributed by atoms with Crippen LogP contribution in [0.4, 0.5) is 11.6 Å². The van der Waals surface area contributed by atoms with Gasteiger partial charge in [-0.05, 0) is 38.3 Å². The lowest BCUT2D eigenvalue weighted by Crippen LogP contribution is -2.37. The summed E-state index contributed by atoms with van der Waals surface area (Å²) in [6.07, 6.45) is 3.78. The van der Waals surface area contributed by atoms with Crippen molar-refractivity contribution in [1.82, 2.24) is 0 Å². The summed E-state index contributed by atoms with van der Waals surface area (Å²) < 4.78 is 17.7. The predicted octanol–water partition coefficient (Wildman–Crippen LogP) is 2.94. The predicted molar refractivity (Wildman–Crippen MR) is 118 cm³/mol. The van der Waals surface area contributed by atoms with Crippen molar-refractivity contribution >= 4 is 22.5 Å². The molecule has 4 rings (SSSR count). The quantitative estimate of drug-likeness (QED) is 0.744. The van der Waals surface area contributed by atoms with Crippen molar-refractivity contribution in [3.8, 4) is 5.75 Å². The van der Waals surface area contributed by atoms with Crippen LogP contribution < -0.4 is 20.0 Å². The van der Waals surface area contributed by atoms with E-state index in [1.807, 2.05) is 24.0 Å². The standard InChI is InChI=1S/C23H32N2O5/c1-3-6-17-19(25-10-5-7-16(25)15-26)9-8-18-20(27)22(29-4-2)23(30-21(17)18)24-11-13-28-14-12-24/h8-9,16,26H,3-7,10-15H2,1-2H3. The fraction of sp³-hybridized carbons (Fsp3) is 0.609. The third-order valence-corrected chi connectivity index (χ3v) is 6.06. The van der Waals surface area contributed by atoms with Gasteiger partial charge < -0.3 is 28.8 Å². The van der Waals surface area contributed by atoms with Crippen molar-refractivity contribution in [2.75, 3.05) is 55.9 Å². The van der Waals surface area contributed by atoms with E-state index in [0.29, 0.717) is 49.8 Å². The van der Waals surface area contributed by atoms with E-state index in [1.54, 1.807) is 0 Å². The van der Waals surface area contributed by atoms with Gasteiger partial charge >= 0.3 is 0 Å². The van der Waals surface area contributed by atoms with Crippen molar-refractivity contribution < 1.29 is 19.0 Å². The molecular weight excluding hydrogens is 384 g/mol. The number of aliphatic hydroxyl groups is 1. The van der Waals surface area contributed by atoms with Crippen LogP contribution in [0.5, 0.6) is 5.75 Å². The van der Waals surface area contributed by atoms with Crippen molar-refractivity contribution in [1.29, 1.82) is 0 Å². The Hall–Kier alpha value is -2.25. The molecule has 30 heavy (non-hydrogen) atoms. The molecule has 2 aliphatic rings. The Balaban J connectivity index is 1.92. The van der Waals surface area contributed by atoms with Crippen LogP contribution in [0.3, 0.4) is 0 Å². The first-order chi connectivity index (χ1) is 14.7. The minimum atomic E-state index is -0.122. The second-order valence-corrected chi connectivity index (χ2v) is 7.96. The molecule has 2 saturated heterocycles. The number of anilines is 2.